The number of nitrogens with two attached hydrogens (primary N) is 2. The Balaban J connectivity index is 1.03. The van der Waals surface area contributed by atoms with Crippen molar-refractivity contribution < 1.29 is 128 Å². The summed E-state index contributed by atoms with van der Waals surface area (Å²) in [7, 11) is 0. The molecule has 2 saturated heterocycles. The second kappa shape index (κ2) is 40.9. The zero-order valence-corrected chi connectivity index (χ0v) is 69.8. The molecule has 17 bridgehead atoms. The van der Waals surface area contributed by atoms with E-state index >= 15 is 28.8 Å². The van der Waals surface area contributed by atoms with Gasteiger partial charge in [-0.2, -0.15) is 0 Å². The van der Waals surface area contributed by atoms with Gasteiger partial charge in [0.05, 0.1) is 23.3 Å². The fourth-order valence-electron chi connectivity index (χ4n) is 15.6. The Hall–Kier alpha value is -11.4. The van der Waals surface area contributed by atoms with Gasteiger partial charge in [0.1, 0.15) is 131 Å². The lowest BCUT2D eigenvalue weighted by molar-refractivity contribution is -0.277. The molecule has 37 nitrogen and oxygen atoms in total. The Labute approximate surface area is 731 Å². The van der Waals surface area contributed by atoms with Crippen molar-refractivity contribution >= 4 is 70.5 Å². The number of rotatable bonds is 23. The largest absolute Gasteiger partial charge is 0.508 e. The van der Waals surface area contributed by atoms with Crippen molar-refractivity contribution in [3.63, 3.8) is 0 Å². The summed E-state index contributed by atoms with van der Waals surface area (Å²) in [6.45, 7) is 3.71. The average molecular weight is 1790 g/mol. The molecule has 0 saturated carbocycles. The number of aliphatic hydroxyl groups is 7. The number of amides is 8. The molecule has 0 unspecified atom stereocenters. The number of halogens is 2. The topological polar surface area (TPSA) is 584 Å². The van der Waals surface area contributed by atoms with Gasteiger partial charge in [-0.05, 0) is 169 Å². The minimum Gasteiger partial charge on any atom is -0.508 e. The van der Waals surface area contributed by atoms with Gasteiger partial charge in [0.25, 0.3) is 0 Å². The van der Waals surface area contributed by atoms with Crippen LogP contribution in [0.3, 0.4) is 0 Å². The van der Waals surface area contributed by atoms with Crippen LogP contribution in [0.4, 0.5) is 0 Å². The first kappa shape index (κ1) is 92.3. The first-order valence-electron chi connectivity index (χ1n) is 41.3. The predicted octanol–water partition coefficient (Wildman–Crippen LogP) is 3.31. The number of unbranched alkanes of at least 4 members (excludes halogenated alkanes) is 4. The van der Waals surface area contributed by atoms with E-state index in [9.17, 15) is 65.8 Å². The van der Waals surface area contributed by atoms with Crippen molar-refractivity contribution in [3.8, 4) is 80.1 Å². The number of carbonyl (C=O) groups is 8. The lowest BCUT2D eigenvalue weighted by atomic mass is 9.89. The number of phenolic OH excluding ortho intramolecular Hbond substituents is 4. The lowest BCUT2D eigenvalue weighted by Crippen LogP contribution is -2.65. The molecule has 15 rings (SSSR count). The molecule has 2 fully saturated rings. The average Bonchev–Trinajstić information content (AvgIpc) is 0.751. The Kier molecular flexibility index (Phi) is 30.0. The fourth-order valence-corrected chi connectivity index (χ4v) is 16.1. The van der Waals surface area contributed by atoms with Gasteiger partial charge in [0.15, 0.2) is 23.0 Å². The van der Waals surface area contributed by atoms with E-state index in [1.807, 2.05) is 0 Å². The molecule has 0 aromatic heterocycles. The molecule has 39 heteroatoms. The van der Waals surface area contributed by atoms with Gasteiger partial charge in [0, 0.05) is 49.1 Å². The van der Waals surface area contributed by atoms with Crippen LogP contribution in [0.25, 0.3) is 11.1 Å². The summed E-state index contributed by atoms with van der Waals surface area (Å²) in [5.74, 6) is -14.2. The summed E-state index contributed by atoms with van der Waals surface area (Å²) in [6, 6.07) is 7.26. The van der Waals surface area contributed by atoms with Gasteiger partial charge in [-0.25, -0.2) is 0 Å². The number of fused-ring (bicyclic) bond motifs is 14. The van der Waals surface area contributed by atoms with Crippen LogP contribution >= 0.6 is 23.2 Å². The highest BCUT2D eigenvalue weighted by Gasteiger charge is 2.49. The summed E-state index contributed by atoms with van der Waals surface area (Å²) >= 11 is 14.6. The predicted molar refractivity (Wildman–Crippen MR) is 449 cm³/mol. The minimum absolute atomic E-state index is 0.0521. The molecule has 0 spiro atoms. The van der Waals surface area contributed by atoms with Crippen molar-refractivity contribution in [2.24, 2.45) is 17.4 Å². The highest BCUT2D eigenvalue weighted by Crippen LogP contribution is 2.50. The Morgan fingerprint density at radius 3 is 1.72 bits per heavy atom. The number of aliphatic hydroxyl groups excluding tert-OH is 7. The van der Waals surface area contributed by atoms with Crippen LogP contribution in [0.1, 0.15) is 141 Å². The molecular weight excluding hydrogens is 1690 g/mol. The zero-order chi connectivity index (χ0) is 90.1. The normalized spacial score (nSPS) is 25.5. The molecule has 0 aliphatic carbocycles. The van der Waals surface area contributed by atoms with E-state index in [1.54, 1.807) is 0 Å². The van der Waals surface area contributed by atoms with E-state index in [4.69, 9.17) is 67.8 Å². The van der Waals surface area contributed by atoms with Crippen molar-refractivity contribution in [1.29, 1.82) is 0 Å². The first-order chi connectivity index (χ1) is 60.3. The molecule has 8 heterocycles. The van der Waals surface area contributed by atoms with E-state index in [-0.39, 0.29) is 79.4 Å². The number of ether oxygens (including phenoxy) is 7. The first-order valence-corrected chi connectivity index (χ1v) is 42.1. The van der Waals surface area contributed by atoms with E-state index in [0.717, 1.165) is 86.7 Å². The van der Waals surface area contributed by atoms with E-state index in [2.05, 4.69) is 61.7 Å². The summed E-state index contributed by atoms with van der Waals surface area (Å²) in [4.78, 5) is 125. The smallest absolute Gasteiger partial charge is 0.248 e. The molecule has 8 aliphatic rings. The van der Waals surface area contributed by atoms with Gasteiger partial charge in [-0.15, -0.1) is 0 Å². The molecule has 126 heavy (non-hydrogen) atoms. The second-order valence-electron chi connectivity index (χ2n) is 32.1. The van der Waals surface area contributed by atoms with Crippen LogP contribution in [0, 0.1) is 5.92 Å². The second-order valence-corrected chi connectivity index (χ2v) is 32.9. The number of hydrogen-bond acceptors (Lipinski definition) is 29. The van der Waals surface area contributed by atoms with Gasteiger partial charge < -0.3 is 149 Å². The number of aromatic hydroxyl groups is 4. The zero-order valence-electron chi connectivity index (χ0n) is 68.3. The minimum atomic E-state index is -2.35. The number of benzene rings is 7. The van der Waals surface area contributed by atoms with Crippen LogP contribution in [0.5, 0.6) is 69.0 Å². The molecule has 0 radical (unpaired) electrons. The fraction of sp³-hybridized carbons (Fsp3) is 0.425. The summed E-state index contributed by atoms with van der Waals surface area (Å²) in [5, 5.41) is 150. The third-order valence-electron chi connectivity index (χ3n) is 22.4. The third-order valence-corrected chi connectivity index (χ3v) is 23.0. The van der Waals surface area contributed by atoms with Crippen molar-refractivity contribution in [3.05, 3.63) is 164 Å². The van der Waals surface area contributed by atoms with Crippen LogP contribution in [-0.2, 0) is 60.7 Å². The van der Waals surface area contributed by atoms with E-state index in [1.165, 1.54) is 60.7 Å². The molecule has 8 aliphatic heterocycles. The van der Waals surface area contributed by atoms with E-state index < -0.39 is 240 Å². The number of phenols is 4. The van der Waals surface area contributed by atoms with Gasteiger partial charge in [-0.1, -0.05) is 87.0 Å². The van der Waals surface area contributed by atoms with Crippen molar-refractivity contribution in [2.45, 2.75) is 188 Å². The number of hydrogen-bond donors (Lipinski definition) is 22. The Morgan fingerprint density at radius 2 is 1.08 bits per heavy atom. The molecule has 7 aromatic carbocycles. The Morgan fingerprint density at radius 1 is 0.516 bits per heavy atom. The SMILES string of the molecule is CC(C)CCCCCCC(=O)N[C@H]1[C@H](Oc2c3cc4cc2Oc2ccc(cc2Cl)C[C@H]2NC(=O)[C@@H](N)c5ccc(O)c(c5)Oc5cc(O)cc(c5)[C@H](NC2=O)C(=O)N[C@H]4C(=O)N[C@H]2C(=O)N[C@@H](Cc4ccc(c(Cl)c4)O3)C(=O)N[C@@H](C(=O)NCCCNCCCCN)c3cc(O)cc(O[C@H]4O[C@H](CO)[C@@H](O)[C@H](O)[C@@H]4O)c3-c3cc2ccc3O)O[C@H](CO)[C@@H](O)[C@@H]1O. The highest BCUT2D eigenvalue weighted by atomic mass is 35.5. The van der Waals surface area contributed by atoms with Crippen LogP contribution in [0.15, 0.2) is 115 Å². The van der Waals surface area contributed by atoms with Gasteiger partial charge in [-0.3, -0.25) is 38.4 Å². The van der Waals surface area contributed by atoms with Gasteiger partial charge in [0.2, 0.25) is 65.6 Å². The number of carbonyl (C=O) groups excluding carboxylic acids is 8. The van der Waals surface area contributed by atoms with Gasteiger partial charge >= 0.3 is 0 Å². The molecule has 674 valence electrons. The molecule has 17 atom stereocenters. The third kappa shape index (κ3) is 21.5. The van der Waals surface area contributed by atoms with Crippen LogP contribution in [-0.4, -0.2) is 216 Å². The lowest BCUT2D eigenvalue weighted by Gasteiger charge is -2.42. The maximum absolute atomic E-state index is 16.8. The summed E-state index contributed by atoms with van der Waals surface area (Å²) in [5.41, 5.74) is 10.5. The summed E-state index contributed by atoms with van der Waals surface area (Å²) in [6.07, 6.45) is -12.7. The maximum Gasteiger partial charge on any atom is 0.248 e. The molecular formula is C87H101Cl2N11O26. The monoisotopic (exact) mass is 1790 g/mol. The molecule has 8 amide bonds. The summed E-state index contributed by atoms with van der Waals surface area (Å²) < 4.78 is 44.9. The number of nitrogens with one attached hydrogen (secondary N) is 9. The quantitative estimate of drug-likeness (QED) is 0.0408. The highest BCUT2D eigenvalue weighted by molar-refractivity contribution is 6.32. The molecule has 7 aromatic rings. The van der Waals surface area contributed by atoms with Crippen LogP contribution < -0.4 is 83.0 Å². The Bertz CT molecular complexity index is 5210. The van der Waals surface area contributed by atoms with Crippen molar-refractivity contribution in [2.75, 3.05) is 39.4 Å². The van der Waals surface area contributed by atoms with E-state index in [0.29, 0.717) is 44.8 Å². The van der Waals surface area contributed by atoms with Crippen LogP contribution in [0.2, 0.25) is 10.0 Å². The molecule has 24 N–H and O–H groups in total. The maximum atomic E-state index is 16.8. The standard InChI is InChI=1S/C87H101Cl2N11O26/c1-39(2)10-5-3-4-6-11-65(107)96-72-75(110)73(108)63(37-101)124-86(72)126-78-61-32-45-33-62(78)122-58-19-13-41(25-52(58)89)27-54-80(114)100-71(82(116)93-23-9-22-92-21-8-7-20-90)50-35-47(104)36-60(123-87-77(112)76(111)74(109)64(38-102)125-87)66(50)49-30-43(15-16-55(49)105)68(83(117)95-54)98-85(119)70(45)99-84(118)69-44-28-46(103)34-48(29-44)120-59-31-42(14-17-56(59)106)67(91)81(115)94-53(79(113)97-69)26-40-12-18-57(121-61)51(88)24-40/h12-19,24-25,28-36,39,53-54,63-64,67-77,86-87,92,101-106,108-112H,3-11,20-23,26-27,37-38,90-91H2,1-2H3,(H,93,116)(H,94,115)(H,95,117)(H,96,107)(H,97,113)(H,98,119)(H,99,118)(H,100,114)/t53-,54+,63-,64-,67+,68-,69+,70-,71-,72-,73-,74-,75-,76+,77+,86+,87+/m1/s1. The van der Waals surface area contributed by atoms with Crippen molar-refractivity contribution in [1.82, 2.24) is 47.9 Å².